The number of nitrogens with zero attached hydrogens (tertiary/aromatic N) is 3. The summed E-state index contributed by atoms with van der Waals surface area (Å²) in [5, 5.41) is 0. The molecule has 0 spiro atoms. The molecule has 0 bridgehead atoms. The van der Waals surface area contributed by atoms with Crippen LogP contribution in [0.1, 0.15) is 11.3 Å². The highest BCUT2D eigenvalue weighted by Crippen LogP contribution is 2.29. The molecular weight excluding hydrogens is 389 g/mol. The maximum Gasteiger partial charge on any atom is 0.251 e. The van der Waals surface area contributed by atoms with Crippen LogP contribution in [0, 0.1) is 5.82 Å². The summed E-state index contributed by atoms with van der Waals surface area (Å²) in [7, 11) is 0. The van der Waals surface area contributed by atoms with E-state index in [1.807, 2.05) is 17.0 Å². The number of piperazine rings is 1. The van der Waals surface area contributed by atoms with Crippen LogP contribution in [0.25, 0.3) is 0 Å². The third-order valence-electron chi connectivity index (χ3n) is 5.07. The first-order valence-corrected chi connectivity index (χ1v) is 10.0. The lowest BCUT2D eigenvalue weighted by Gasteiger charge is -2.36. The number of carbonyl (C=O) groups is 2. The van der Waals surface area contributed by atoms with Gasteiger partial charge in [0.25, 0.3) is 5.91 Å². The fraction of sp³-hybridized carbons (Fsp3) is 0.368. The second-order valence-electron chi connectivity index (χ2n) is 6.76. The standard InChI is InChI=1S/C19H19ClFN3O2S/c20-17-6-5-13(27-17)12-22-7-9-23(10-8-22)16-11-18(25)24(19(16)26)15-4-2-1-3-14(15)21/h1-6,16H,7-12H2/t16-/m1/s1. The highest BCUT2D eigenvalue weighted by molar-refractivity contribution is 7.16. The first kappa shape index (κ1) is 18.6. The Labute approximate surface area is 165 Å². The Hall–Kier alpha value is -1.80. The van der Waals surface area contributed by atoms with E-state index in [0.717, 1.165) is 28.9 Å². The molecule has 142 valence electrons. The fourth-order valence-electron chi connectivity index (χ4n) is 3.68. The zero-order valence-corrected chi connectivity index (χ0v) is 16.2. The van der Waals surface area contributed by atoms with Crippen LogP contribution in [0.3, 0.4) is 0 Å². The number of thiophene rings is 1. The second-order valence-corrected chi connectivity index (χ2v) is 8.56. The molecule has 3 heterocycles. The van der Waals surface area contributed by atoms with Gasteiger partial charge in [-0.25, -0.2) is 9.29 Å². The van der Waals surface area contributed by atoms with Crippen LogP contribution < -0.4 is 4.90 Å². The Morgan fingerprint density at radius 3 is 2.48 bits per heavy atom. The molecule has 2 amide bonds. The monoisotopic (exact) mass is 407 g/mol. The maximum absolute atomic E-state index is 14.0. The quantitative estimate of drug-likeness (QED) is 0.731. The topological polar surface area (TPSA) is 43.9 Å². The summed E-state index contributed by atoms with van der Waals surface area (Å²) in [5.74, 6) is -1.23. The summed E-state index contributed by atoms with van der Waals surface area (Å²) in [6.45, 7) is 3.87. The second kappa shape index (κ2) is 7.67. The zero-order valence-electron chi connectivity index (χ0n) is 14.6. The van der Waals surface area contributed by atoms with Gasteiger partial charge < -0.3 is 0 Å². The lowest BCUT2D eigenvalue weighted by molar-refractivity contribution is -0.123. The number of halogens is 2. The lowest BCUT2D eigenvalue weighted by Crippen LogP contribution is -2.52. The minimum atomic E-state index is -0.556. The first-order chi connectivity index (χ1) is 13.0. The summed E-state index contributed by atoms with van der Waals surface area (Å²) in [5.41, 5.74) is 0.0446. The molecule has 0 N–H and O–H groups in total. The minimum absolute atomic E-state index is 0.0446. The third-order valence-corrected chi connectivity index (χ3v) is 6.29. The van der Waals surface area contributed by atoms with Gasteiger partial charge in [0.2, 0.25) is 5.91 Å². The van der Waals surface area contributed by atoms with E-state index in [2.05, 4.69) is 4.90 Å². The zero-order chi connectivity index (χ0) is 19.0. The van der Waals surface area contributed by atoms with Gasteiger partial charge in [0.1, 0.15) is 5.82 Å². The lowest BCUT2D eigenvalue weighted by atomic mass is 10.1. The van der Waals surface area contributed by atoms with Gasteiger partial charge in [-0.1, -0.05) is 23.7 Å². The van der Waals surface area contributed by atoms with Crippen molar-refractivity contribution in [3.05, 3.63) is 51.4 Å². The number of carbonyl (C=O) groups excluding carboxylic acids is 2. The SMILES string of the molecule is O=C1C[C@@H](N2CCN(Cc3ccc(Cl)s3)CC2)C(=O)N1c1ccccc1F. The Bertz CT molecular complexity index is 866. The van der Waals surface area contributed by atoms with E-state index in [4.69, 9.17) is 11.6 Å². The molecule has 0 unspecified atom stereocenters. The molecule has 27 heavy (non-hydrogen) atoms. The van der Waals surface area contributed by atoms with E-state index in [0.29, 0.717) is 13.1 Å². The van der Waals surface area contributed by atoms with E-state index in [9.17, 15) is 14.0 Å². The number of imide groups is 1. The van der Waals surface area contributed by atoms with E-state index in [1.165, 1.54) is 17.0 Å². The number of para-hydroxylation sites is 1. The number of hydrogen-bond donors (Lipinski definition) is 0. The molecule has 5 nitrogen and oxygen atoms in total. The molecule has 2 aliphatic heterocycles. The third kappa shape index (κ3) is 3.78. The molecule has 4 rings (SSSR count). The summed E-state index contributed by atoms with van der Waals surface area (Å²) < 4.78 is 14.8. The van der Waals surface area contributed by atoms with Crippen LogP contribution in [0.2, 0.25) is 4.34 Å². The molecule has 0 saturated carbocycles. The van der Waals surface area contributed by atoms with E-state index in [-0.39, 0.29) is 23.9 Å². The minimum Gasteiger partial charge on any atom is -0.296 e. The van der Waals surface area contributed by atoms with E-state index < -0.39 is 11.9 Å². The van der Waals surface area contributed by atoms with Crippen LogP contribution in [0.4, 0.5) is 10.1 Å². The molecular formula is C19H19ClFN3O2S. The molecule has 1 aromatic carbocycles. The van der Waals surface area contributed by atoms with Gasteiger partial charge in [0.05, 0.1) is 22.5 Å². The molecule has 0 aliphatic carbocycles. The Morgan fingerprint density at radius 1 is 1.07 bits per heavy atom. The van der Waals surface area contributed by atoms with Gasteiger partial charge >= 0.3 is 0 Å². The van der Waals surface area contributed by atoms with Crippen LogP contribution in [0.15, 0.2) is 36.4 Å². The van der Waals surface area contributed by atoms with Gasteiger partial charge in [0.15, 0.2) is 0 Å². The number of amides is 2. The van der Waals surface area contributed by atoms with Gasteiger partial charge in [-0.15, -0.1) is 11.3 Å². The van der Waals surface area contributed by atoms with Crippen molar-refractivity contribution in [2.75, 3.05) is 31.1 Å². The normalized spacial score (nSPS) is 22.0. The molecule has 2 fully saturated rings. The Kier molecular flexibility index (Phi) is 5.27. The van der Waals surface area contributed by atoms with Crippen LogP contribution in [-0.2, 0) is 16.1 Å². The Balaban J connectivity index is 1.39. The number of rotatable bonds is 4. The fourth-order valence-corrected chi connectivity index (χ4v) is 4.81. The van der Waals surface area contributed by atoms with Crippen molar-refractivity contribution in [3.8, 4) is 0 Å². The van der Waals surface area contributed by atoms with Gasteiger partial charge in [0, 0.05) is 37.6 Å². The van der Waals surface area contributed by atoms with Gasteiger partial charge in [-0.2, -0.15) is 0 Å². The maximum atomic E-state index is 14.0. The van der Waals surface area contributed by atoms with Crippen LogP contribution in [0.5, 0.6) is 0 Å². The van der Waals surface area contributed by atoms with E-state index >= 15 is 0 Å². The van der Waals surface area contributed by atoms with Crippen molar-refractivity contribution in [2.45, 2.75) is 19.0 Å². The number of benzene rings is 1. The molecule has 1 atom stereocenters. The predicted molar refractivity (Wildman–Crippen MR) is 103 cm³/mol. The van der Waals surface area contributed by atoms with Crippen molar-refractivity contribution in [1.29, 1.82) is 0 Å². The first-order valence-electron chi connectivity index (χ1n) is 8.85. The highest BCUT2D eigenvalue weighted by Gasteiger charge is 2.44. The summed E-state index contributed by atoms with van der Waals surface area (Å²) in [6.07, 6.45) is 0.105. The van der Waals surface area contributed by atoms with Crippen molar-refractivity contribution >= 4 is 40.4 Å². The molecule has 2 aliphatic rings. The summed E-state index contributed by atoms with van der Waals surface area (Å²) in [6, 6.07) is 9.33. The predicted octanol–water partition coefficient (Wildman–Crippen LogP) is 2.99. The summed E-state index contributed by atoms with van der Waals surface area (Å²) >= 11 is 7.56. The molecule has 2 aromatic rings. The largest absolute Gasteiger partial charge is 0.296 e. The number of anilines is 1. The van der Waals surface area contributed by atoms with Gasteiger partial charge in [-0.3, -0.25) is 19.4 Å². The number of hydrogen-bond acceptors (Lipinski definition) is 5. The van der Waals surface area contributed by atoms with Crippen LogP contribution in [-0.4, -0.2) is 53.8 Å². The van der Waals surface area contributed by atoms with Crippen molar-refractivity contribution in [3.63, 3.8) is 0 Å². The Morgan fingerprint density at radius 2 is 1.81 bits per heavy atom. The van der Waals surface area contributed by atoms with Crippen molar-refractivity contribution < 1.29 is 14.0 Å². The van der Waals surface area contributed by atoms with Gasteiger partial charge in [-0.05, 0) is 24.3 Å². The van der Waals surface area contributed by atoms with Crippen molar-refractivity contribution in [1.82, 2.24) is 9.80 Å². The smallest absolute Gasteiger partial charge is 0.251 e. The van der Waals surface area contributed by atoms with Crippen molar-refractivity contribution in [2.24, 2.45) is 0 Å². The average molecular weight is 408 g/mol. The molecule has 8 heteroatoms. The molecule has 1 aromatic heterocycles. The average Bonchev–Trinajstić information content (AvgIpc) is 3.19. The van der Waals surface area contributed by atoms with E-state index in [1.54, 1.807) is 23.5 Å². The molecule has 0 radical (unpaired) electrons. The van der Waals surface area contributed by atoms with Crippen LogP contribution >= 0.6 is 22.9 Å². The molecule has 2 saturated heterocycles. The summed E-state index contributed by atoms with van der Waals surface area (Å²) in [4.78, 5) is 31.8. The highest BCUT2D eigenvalue weighted by atomic mass is 35.5.